The number of hydrogen-bond donors (Lipinski definition) is 0. The van der Waals surface area contributed by atoms with Crippen molar-refractivity contribution in [1.82, 2.24) is 9.88 Å². The Kier molecular flexibility index (Phi) is 5.89. The first-order chi connectivity index (χ1) is 8.22. The second-order valence-corrected chi connectivity index (χ2v) is 4.19. The van der Waals surface area contributed by atoms with Gasteiger partial charge in [-0.15, -0.1) is 0 Å². The molecule has 0 spiro atoms. The molecule has 94 valence electrons. The number of likely N-dealkylation sites (tertiary alicyclic amines) is 1. The van der Waals surface area contributed by atoms with E-state index in [1.807, 2.05) is 4.90 Å². The van der Waals surface area contributed by atoms with Crippen molar-refractivity contribution in [3.63, 3.8) is 0 Å². The maximum atomic E-state index is 11.1. The summed E-state index contributed by atoms with van der Waals surface area (Å²) in [7, 11) is 1.63. The monoisotopic (exact) mass is 246 g/mol. The number of carboxylic acids is 1. The Morgan fingerprint density at radius 1 is 1.67 bits per heavy atom. The van der Waals surface area contributed by atoms with Gasteiger partial charge in [0, 0.05) is 44.5 Å². The van der Waals surface area contributed by atoms with Gasteiger partial charge < -0.3 is 19.1 Å². The van der Waals surface area contributed by atoms with E-state index >= 15 is 0 Å². The Labute approximate surface area is 117 Å². The number of methoxy groups -OCH3 is 1. The van der Waals surface area contributed by atoms with Gasteiger partial charge in [-0.1, -0.05) is 0 Å². The van der Waals surface area contributed by atoms with Crippen molar-refractivity contribution in [3.8, 4) is 0 Å². The van der Waals surface area contributed by atoms with Crippen LogP contribution in [0.4, 0.5) is 0 Å². The van der Waals surface area contributed by atoms with Crippen LogP contribution in [0.2, 0.25) is 0 Å². The zero-order valence-corrected chi connectivity index (χ0v) is 10.7. The van der Waals surface area contributed by atoms with Gasteiger partial charge in [-0.2, -0.15) is 0 Å². The van der Waals surface area contributed by atoms with Crippen molar-refractivity contribution in [3.05, 3.63) is 18.4 Å². The molecule has 1 aromatic rings. The fraction of sp³-hybridized carbons (Fsp3) is 0.636. The molecule has 7 heteroatoms. The minimum atomic E-state index is -1.04. The molecule has 2 rings (SSSR count). The summed E-state index contributed by atoms with van der Waals surface area (Å²) in [4.78, 5) is 17.0. The van der Waals surface area contributed by atoms with Gasteiger partial charge >= 0.3 is 18.9 Å². The van der Waals surface area contributed by atoms with E-state index in [9.17, 15) is 9.90 Å². The zero-order valence-electron chi connectivity index (χ0n) is 10.7. The van der Waals surface area contributed by atoms with Crippen LogP contribution in [0.3, 0.4) is 0 Å². The summed E-state index contributed by atoms with van der Waals surface area (Å²) in [5, 5.41) is 11.1. The SMILES string of the molecule is COCCN1C[C@H](C(=O)[O-])[C@@H](c2cnco2)C1.[Li+]. The van der Waals surface area contributed by atoms with Crippen LogP contribution in [0.15, 0.2) is 17.0 Å². The predicted octanol–water partition coefficient (Wildman–Crippen LogP) is -3.91. The van der Waals surface area contributed by atoms with E-state index < -0.39 is 11.9 Å². The molecule has 0 radical (unpaired) electrons. The number of carbonyl (C=O) groups is 1. The number of carbonyl (C=O) groups excluding carboxylic acids is 1. The molecule has 0 unspecified atom stereocenters. The second-order valence-electron chi connectivity index (χ2n) is 4.19. The maximum Gasteiger partial charge on any atom is 1.00 e. The fourth-order valence-electron chi connectivity index (χ4n) is 2.22. The summed E-state index contributed by atoms with van der Waals surface area (Å²) in [6.45, 7) is 2.40. The fourth-order valence-corrected chi connectivity index (χ4v) is 2.22. The average Bonchev–Trinajstić information content (AvgIpc) is 2.94. The molecular weight excluding hydrogens is 231 g/mol. The van der Waals surface area contributed by atoms with E-state index in [1.54, 1.807) is 13.3 Å². The largest absolute Gasteiger partial charge is 1.00 e. The van der Waals surface area contributed by atoms with Crippen LogP contribution in [0, 0.1) is 5.92 Å². The van der Waals surface area contributed by atoms with Crippen LogP contribution in [0.1, 0.15) is 11.7 Å². The molecule has 2 heterocycles. The van der Waals surface area contributed by atoms with Gasteiger partial charge in [0.1, 0.15) is 5.76 Å². The predicted molar refractivity (Wildman–Crippen MR) is 56.1 cm³/mol. The quantitative estimate of drug-likeness (QED) is 0.494. The Bertz CT molecular complexity index is 371. The number of carboxylic acid groups (broad SMARTS) is 1. The molecule has 0 amide bonds. The molecule has 1 aliphatic rings. The molecule has 0 N–H and O–H groups in total. The van der Waals surface area contributed by atoms with Gasteiger partial charge in [-0.25, -0.2) is 4.98 Å². The Balaban J connectivity index is 0.00000162. The third-order valence-electron chi connectivity index (χ3n) is 3.13. The molecule has 0 aliphatic carbocycles. The van der Waals surface area contributed by atoms with E-state index in [1.165, 1.54) is 6.39 Å². The molecule has 1 saturated heterocycles. The second kappa shape index (κ2) is 6.95. The van der Waals surface area contributed by atoms with Crippen LogP contribution in [0.5, 0.6) is 0 Å². The summed E-state index contributed by atoms with van der Waals surface area (Å²) < 4.78 is 10.2. The Hall–Kier alpha value is -0.803. The number of hydrogen-bond acceptors (Lipinski definition) is 6. The summed E-state index contributed by atoms with van der Waals surface area (Å²) in [5.41, 5.74) is 0. The minimum Gasteiger partial charge on any atom is -0.550 e. The summed E-state index contributed by atoms with van der Waals surface area (Å²) in [6, 6.07) is 0. The van der Waals surface area contributed by atoms with E-state index in [2.05, 4.69) is 4.98 Å². The molecule has 18 heavy (non-hydrogen) atoms. The molecule has 6 nitrogen and oxygen atoms in total. The van der Waals surface area contributed by atoms with Gasteiger partial charge in [0.25, 0.3) is 0 Å². The number of rotatable bonds is 5. The van der Waals surface area contributed by atoms with Crippen LogP contribution < -0.4 is 24.0 Å². The Morgan fingerprint density at radius 3 is 3.00 bits per heavy atom. The third kappa shape index (κ3) is 3.36. The molecule has 2 atom stereocenters. The van der Waals surface area contributed by atoms with Crippen molar-refractivity contribution in [1.29, 1.82) is 0 Å². The van der Waals surface area contributed by atoms with Gasteiger partial charge in [-0.05, 0) is 0 Å². The summed E-state index contributed by atoms with van der Waals surface area (Å²) >= 11 is 0. The van der Waals surface area contributed by atoms with Gasteiger partial charge in [0.15, 0.2) is 6.39 Å². The average molecular weight is 246 g/mol. The number of nitrogens with zero attached hydrogens (tertiary/aromatic N) is 2. The van der Waals surface area contributed by atoms with Crippen molar-refractivity contribution < 1.29 is 37.9 Å². The number of aliphatic carboxylic acids is 1. The molecule has 0 bridgehead atoms. The first kappa shape index (κ1) is 15.3. The molecule has 0 aromatic carbocycles. The van der Waals surface area contributed by atoms with E-state index in [4.69, 9.17) is 9.15 Å². The number of aromatic nitrogens is 1. The van der Waals surface area contributed by atoms with Gasteiger partial charge in [0.2, 0.25) is 0 Å². The van der Waals surface area contributed by atoms with Crippen molar-refractivity contribution >= 4 is 5.97 Å². The molecule has 1 aliphatic heterocycles. The van der Waals surface area contributed by atoms with Crippen molar-refractivity contribution in [2.75, 3.05) is 33.4 Å². The van der Waals surface area contributed by atoms with Crippen LogP contribution in [0.25, 0.3) is 0 Å². The summed E-state index contributed by atoms with van der Waals surface area (Å²) in [5.74, 6) is -1.15. The molecular formula is C11H15LiN2O4. The van der Waals surface area contributed by atoms with Gasteiger partial charge in [0.05, 0.1) is 12.8 Å². The topological polar surface area (TPSA) is 78.6 Å². The molecule has 0 saturated carbocycles. The van der Waals surface area contributed by atoms with Gasteiger partial charge in [-0.3, -0.25) is 4.90 Å². The third-order valence-corrected chi connectivity index (χ3v) is 3.13. The number of ether oxygens (including phenoxy) is 1. The zero-order chi connectivity index (χ0) is 12.3. The standard InChI is InChI=1S/C11H16N2O4.Li/c1-16-3-2-13-5-8(9(6-13)11(14)15)10-4-12-7-17-10;/h4,7-9H,2-3,5-6H2,1H3,(H,14,15);/q;+1/p-1/t8-,9-;/m0./s1. The minimum absolute atomic E-state index is 0. The van der Waals surface area contributed by atoms with Crippen molar-refractivity contribution in [2.45, 2.75) is 5.92 Å². The maximum absolute atomic E-state index is 11.1. The first-order valence-corrected chi connectivity index (χ1v) is 5.53. The smallest absolute Gasteiger partial charge is 0.550 e. The van der Waals surface area contributed by atoms with Crippen LogP contribution in [-0.2, 0) is 9.53 Å². The first-order valence-electron chi connectivity index (χ1n) is 5.53. The van der Waals surface area contributed by atoms with E-state index in [0.717, 1.165) is 0 Å². The van der Waals surface area contributed by atoms with E-state index in [0.29, 0.717) is 32.0 Å². The van der Waals surface area contributed by atoms with E-state index in [-0.39, 0.29) is 24.8 Å². The molecule has 1 aromatic heterocycles. The Morgan fingerprint density at radius 2 is 2.44 bits per heavy atom. The van der Waals surface area contributed by atoms with Crippen molar-refractivity contribution in [2.24, 2.45) is 5.92 Å². The van der Waals surface area contributed by atoms with Crippen LogP contribution >= 0.6 is 0 Å². The normalized spacial score (nSPS) is 23.8. The summed E-state index contributed by atoms with van der Waals surface area (Å²) in [6.07, 6.45) is 2.89. The number of oxazole rings is 1. The van der Waals surface area contributed by atoms with Crippen LogP contribution in [-0.4, -0.2) is 49.2 Å². The molecule has 1 fully saturated rings.